The van der Waals surface area contributed by atoms with Crippen LogP contribution in [0.25, 0.3) is 0 Å². The van der Waals surface area contributed by atoms with Gasteiger partial charge < -0.3 is 15.8 Å². The highest BCUT2D eigenvalue weighted by atomic mass is 16.5. The normalized spacial score (nSPS) is 18.2. The van der Waals surface area contributed by atoms with E-state index >= 15 is 0 Å². The fourth-order valence-corrected chi connectivity index (χ4v) is 2.13. The zero-order valence-corrected chi connectivity index (χ0v) is 11.0. The largest absolute Gasteiger partial charge is 0.381 e. The standard InChI is InChI=1S/C13H26N2O2/c1-2-3-10-17-11-6-9-15-12(16)13(14)7-4-5-8-13/h2-11,14H2,1H3,(H,15,16). The minimum Gasteiger partial charge on any atom is -0.381 e. The zero-order valence-electron chi connectivity index (χ0n) is 11.0. The maximum Gasteiger partial charge on any atom is 0.240 e. The Bertz CT molecular complexity index is 225. The summed E-state index contributed by atoms with van der Waals surface area (Å²) < 4.78 is 5.42. The number of nitrogens with two attached hydrogens (primary N) is 1. The molecule has 3 N–H and O–H groups in total. The Morgan fingerprint density at radius 2 is 1.94 bits per heavy atom. The zero-order chi connectivity index (χ0) is 12.6. The third-order valence-corrected chi connectivity index (χ3v) is 3.34. The average molecular weight is 242 g/mol. The molecule has 0 atom stereocenters. The van der Waals surface area contributed by atoms with Crippen molar-refractivity contribution in [2.24, 2.45) is 5.73 Å². The number of amides is 1. The minimum atomic E-state index is -0.594. The van der Waals surface area contributed by atoms with Crippen LogP contribution in [0.5, 0.6) is 0 Å². The van der Waals surface area contributed by atoms with Crippen LogP contribution in [0.2, 0.25) is 0 Å². The number of nitrogens with one attached hydrogen (secondary N) is 1. The molecule has 1 rings (SSSR count). The minimum absolute atomic E-state index is 0.0172. The van der Waals surface area contributed by atoms with Crippen LogP contribution in [0, 0.1) is 0 Å². The van der Waals surface area contributed by atoms with Gasteiger partial charge >= 0.3 is 0 Å². The van der Waals surface area contributed by atoms with E-state index in [0.29, 0.717) is 6.54 Å². The Morgan fingerprint density at radius 1 is 1.29 bits per heavy atom. The highest BCUT2D eigenvalue weighted by Gasteiger charge is 2.36. The lowest BCUT2D eigenvalue weighted by Gasteiger charge is -2.22. The van der Waals surface area contributed by atoms with Crippen LogP contribution in [-0.4, -0.2) is 31.2 Å². The maximum absolute atomic E-state index is 11.8. The molecule has 0 aromatic carbocycles. The number of carbonyl (C=O) groups excluding carboxylic acids is 1. The van der Waals surface area contributed by atoms with Gasteiger partial charge in [0, 0.05) is 19.8 Å². The number of rotatable bonds is 8. The van der Waals surface area contributed by atoms with Gasteiger partial charge in [0.2, 0.25) is 5.91 Å². The lowest BCUT2D eigenvalue weighted by molar-refractivity contribution is -0.126. The smallest absolute Gasteiger partial charge is 0.240 e. The molecule has 4 nitrogen and oxygen atoms in total. The first-order valence-electron chi connectivity index (χ1n) is 6.84. The Morgan fingerprint density at radius 3 is 2.59 bits per heavy atom. The topological polar surface area (TPSA) is 64.3 Å². The van der Waals surface area contributed by atoms with Crippen molar-refractivity contribution >= 4 is 5.91 Å². The molecule has 0 aromatic heterocycles. The lowest BCUT2D eigenvalue weighted by atomic mass is 9.98. The van der Waals surface area contributed by atoms with Crippen molar-refractivity contribution < 1.29 is 9.53 Å². The molecule has 0 bridgehead atoms. The Hall–Kier alpha value is -0.610. The summed E-state index contributed by atoms with van der Waals surface area (Å²) in [6, 6.07) is 0. The first-order valence-corrected chi connectivity index (χ1v) is 6.84. The molecule has 4 heteroatoms. The molecular formula is C13H26N2O2. The van der Waals surface area contributed by atoms with E-state index in [1.54, 1.807) is 0 Å². The quantitative estimate of drug-likeness (QED) is 0.635. The van der Waals surface area contributed by atoms with Crippen LogP contribution >= 0.6 is 0 Å². The van der Waals surface area contributed by atoms with E-state index in [1.807, 2.05) is 0 Å². The molecule has 100 valence electrons. The molecule has 0 aliphatic heterocycles. The second-order valence-corrected chi connectivity index (χ2v) is 4.94. The predicted molar refractivity (Wildman–Crippen MR) is 68.7 cm³/mol. The van der Waals surface area contributed by atoms with Crippen molar-refractivity contribution in [2.75, 3.05) is 19.8 Å². The van der Waals surface area contributed by atoms with Gasteiger partial charge in [0.1, 0.15) is 0 Å². The van der Waals surface area contributed by atoms with E-state index in [2.05, 4.69) is 12.2 Å². The van der Waals surface area contributed by atoms with E-state index in [-0.39, 0.29) is 5.91 Å². The van der Waals surface area contributed by atoms with Gasteiger partial charge in [-0.25, -0.2) is 0 Å². The highest BCUT2D eigenvalue weighted by Crippen LogP contribution is 2.27. The van der Waals surface area contributed by atoms with Gasteiger partial charge in [-0.2, -0.15) is 0 Å². The molecule has 1 fully saturated rings. The maximum atomic E-state index is 11.8. The van der Waals surface area contributed by atoms with Crippen LogP contribution in [0.1, 0.15) is 51.9 Å². The van der Waals surface area contributed by atoms with Crippen molar-refractivity contribution in [1.82, 2.24) is 5.32 Å². The summed E-state index contributed by atoms with van der Waals surface area (Å²) in [7, 11) is 0. The van der Waals surface area contributed by atoms with Crippen LogP contribution in [0.3, 0.4) is 0 Å². The van der Waals surface area contributed by atoms with Crippen molar-refractivity contribution in [2.45, 2.75) is 57.4 Å². The Labute approximate surface area is 104 Å². The van der Waals surface area contributed by atoms with E-state index < -0.39 is 5.54 Å². The van der Waals surface area contributed by atoms with Crippen molar-refractivity contribution in [3.05, 3.63) is 0 Å². The number of unbranched alkanes of at least 4 members (excludes halogenated alkanes) is 1. The molecular weight excluding hydrogens is 216 g/mol. The molecule has 0 radical (unpaired) electrons. The van der Waals surface area contributed by atoms with Crippen LogP contribution < -0.4 is 11.1 Å². The summed E-state index contributed by atoms with van der Waals surface area (Å²) in [5.74, 6) is 0.0172. The van der Waals surface area contributed by atoms with Gasteiger partial charge in [-0.05, 0) is 25.7 Å². The number of ether oxygens (including phenoxy) is 1. The first kappa shape index (κ1) is 14.5. The molecule has 1 saturated carbocycles. The summed E-state index contributed by atoms with van der Waals surface area (Å²) >= 11 is 0. The fraction of sp³-hybridized carbons (Fsp3) is 0.923. The lowest BCUT2D eigenvalue weighted by Crippen LogP contribution is -2.52. The summed E-state index contributed by atoms with van der Waals surface area (Å²) in [6.45, 7) is 4.36. The number of hydrogen-bond donors (Lipinski definition) is 2. The number of hydrogen-bond acceptors (Lipinski definition) is 3. The van der Waals surface area contributed by atoms with Crippen molar-refractivity contribution in [3.63, 3.8) is 0 Å². The molecule has 1 aliphatic rings. The van der Waals surface area contributed by atoms with E-state index in [0.717, 1.165) is 58.2 Å². The third kappa shape index (κ3) is 5.04. The fourth-order valence-electron chi connectivity index (χ4n) is 2.13. The summed E-state index contributed by atoms with van der Waals surface area (Å²) in [5, 5.41) is 2.91. The van der Waals surface area contributed by atoms with Gasteiger partial charge in [0.15, 0.2) is 0 Å². The molecule has 1 amide bonds. The monoisotopic (exact) mass is 242 g/mol. The Balaban J connectivity index is 2.00. The average Bonchev–Trinajstić information content (AvgIpc) is 2.76. The third-order valence-electron chi connectivity index (χ3n) is 3.34. The molecule has 0 saturated heterocycles. The van der Waals surface area contributed by atoms with Gasteiger partial charge in [0.25, 0.3) is 0 Å². The summed E-state index contributed by atoms with van der Waals surface area (Å²) in [5.41, 5.74) is 5.45. The summed E-state index contributed by atoms with van der Waals surface area (Å²) in [6.07, 6.45) is 6.93. The predicted octanol–water partition coefficient (Wildman–Crippen LogP) is 1.58. The SMILES string of the molecule is CCCCOCCCNC(=O)C1(N)CCCC1. The number of carbonyl (C=O) groups is 1. The van der Waals surface area contributed by atoms with Crippen molar-refractivity contribution in [1.29, 1.82) is 0 Å². The molecule has 17 heavy (non-hydrogen) atoms. The van der Waals surface area contributed by atoms with Crippen LogP contribution in [-0.2, 0) is 9.53 Å². The Kier molecular flexibility index (Phi) is 6.52. The summed E-state index contributed by atoms with van der Waals surface area (Å²) in [4.78, 5) is 11.8. The van der Waals surface area contributed by atoms with E-state index in [9.17, 15) is 4.79 Å². The van der Waals surface area contributed by atoms with Gasteiger partial charge in [-0.3, -0.25) is 4.79 Å². The molecule has 0 unspecified atom stereocenters. The second kappa shape index (κ2) is 7.67. The first-order chi connectivity index (χ1) is 8.19. The van der Waals surface area contributed by atoms with Crippen molar-refractivity contribution in [3.8, 4) is 0 Å². The molecule has 1 aliphatic carbocycles. The molecule has 0 heterocycles. The second-order valence-electron chi connectivity index (χ2n) is 4.94. The van der Waals surface area contributed by atoms with Gasteiger partial charge in [-0.1, -0.05) is 26.2 Å². The van der Waals surface area contributed by atoms with Gasteiger partial charge in [-0.15, -0.1) is 0 Å². The van der Waals surface area contributed by atoms with E-state index in [1.165, 1.54) is 0 Å². The molecule has 0 aromatic rings. The van der Waals surface area contributed by atoms with Gasteiger partial charge in [0.05, 0.1) is 5.54 Å². The highest BCUT2D eigenvalue weighted by molar-refractivity contribution is 5.86. The van der Waals surface area contributed by atoms with Crippen LogP contribution in [0.4, 0.5) is 0 Å². The molecule has 0 spiro atoms. The van der Waals surface area contributed by atoms with Crippen LogP contribution in [0.15, 0.2) is 0 Å². The van der Waals surface area contributed by atoms with E-state index in [4.69, 9.17) is 10.5 Å².